The molecule has 1 saturated heterocycles. The van der Waals surface area contributed by atoms with E-state index in [9.17, 15) is 9.59 Å². The number of ether oxygens (including phenoxy) is 2. The van der Waals surface area contributed by atoms with Crippen molar-refractivity contribution in [2.24, 2.45) is 0 Å². The number of benzene rings is 1. The van der Waals surface area contributed by atoms with Gasteiger partial charge in [-0.2, -0.15) is 0 Å². The highest BCUT2D eigenvalue weighted by atomic mass is 32.2. The standard InChI is InChI=1S/C19H22N2O5S/c1-24-10-8-20-17(22)16-12-27-19(14-7-9-26-11-14)21(16)18(23)13-3-5-15(25-2)6-4-13/h3-7,9,11,16,19H,8,10,12H2,1-2H3,(H,20,22). The molecule has 0 spiro atoms. The molecule has 144 valence electrons. The van der Waals surface area contributed by atoms with Gasteiger partial charge in [-0.05, 0) is 30.3 Å². The zero-order chi connectivity index (χ0) is 19.2. The fourth-order valence-electron chi connectivity index (χ4n) is 2.91. The normalized spacial score (nSPS) is 19.1. The molecule has 0 aliphatic carbocycles. The van der Waals surface area contributed by atoms with Crippen LogP contribution < -0.4 is 10.1 Å². The maximum absolute atomic E-state index is 13.2. The van der Waals surface area contributed by atoms with Crippen LogP contribution in [0.1, 0.15) is 21.3 Å². The Balaban J connectivity index is 1.85. The molecule has 8 heteroatoms. The minimum absolute atomic E-state index is 0.188. The summed E-state index contributed by atoms with van der Waals surface area (Å²) >= 11 is 1.54. The Hall–Kier alpha value is -2.45. The zero-order valence-corrected chi connectivity index (χ0v) is 16.0. The van der Waals surface area contributed by atoms with Gasteiger partial charge in [0.2, 0.25) is 5.91 Å². The quantitative estimate of drug-likeness (QED) is 0.731. The van der Waals surface area contributed by atoms with Gasteiger partial charge >= 0.3 is 0 Å². The molecule has 1 aliphatic heterocycles. The predicted molar refractivity (Wildman–Crippen MR) is 102 cm³/mol. The molecule has 0 saturated carbocycles. The fourth-order valence-corrected chi connectivity index (χ4v) is 4.31. The van der Waals surface area contributed by atoms with E-state index in [0.717, 1.165) is 5.56 Å². The van der Waals surface area contributed by atoms with Crippen LogP contribution in [0.2, 0.25) is 0 Å². The molecule has 2 atom stereocenters. The van der Waals surface area contributed by atoms with Crippen molar-refractivity contribution in [1.29, 1.82) is 0 Å². The molecule has 1 aromatic heterocycles. The van der Waals surface area contributed by atoms with E-state index in [1.807, 2.05) is 6.07 Å². The number of hydrogen-bond acceptors (Lipinski definition) is 6. The van der Waals surface area contributed by atoms with E-state index < -0.39 is 6.04 Å². The third kappa shape index (κ3) is 4.28. The molecule has 2 unspecified atom stereocenters. The summed E-state index contributed by atoms with van der Waals surface area (Å²) in [6.07, 6.45) is 3.18. The molecule has 7 nitrogen and oxygen atoms in total. The average molecular weight is 390 g/mol. The second-order valence-electron chi connectivity index (χ2n) is 5.98. The van der Waals surface area contributed by atoms with E-state index in [0.29, 0.717) is 30.2 Å². The van der Waals surface area contributed by atoms with Gasteiger partial charge in [-0.3, -0.25) is 9.59 Å². The lowest BCUT2D eigenvalue weighted by Crippen LogP contribution is -2.48. The molecule has 1 aliphatic rings. The van der Waals surface area contributed by atoms with Crippen molar-refractivity contribution >= 4 is 23.6 Å². The number of carbonyl (C=O) groups is 2. The van der Waals surface area contributed by atoms with Crippen molar-refractivity contribution in [1.82, 2.24) is 10.2 Å². The molecule has 2 amide bonds. The van der Waals surface area contributed by atoms with E-state index >= 15 is 0 Å². The van der Waals surface area contributed by atoms with E-state index in [4.69, 9.17) is 13.9 Å². The lowest BCUT2D eigenvalue weighted by atomic mass is 10.1. The SMILES string of the molecule is COCCNC(=O)C1CSC(c2ccoc2)N1C(=O)c1ccc(OC)cc1. The monoisotopic (exact) mass is 390 g/mol. The number of furan rings is 1. The average Bonchev–Trinajstić information content (AvgIpc) is 3.37. The zero-order valence-electron chi connectivity index (χ0n) is 15.2. The van der Waals surface area contributed by atoms with E-state index in [-0.39, 0.29) is 17.2 Å². The molecule has 1 N–H and O–H groups in total. The van der Waals surface area contributed by atoms with Crippen molar-refractivity contribution in [2.45, 2.75) is 11.4 Å². The van der Waals surface area contributed by atoms with Gasteiger partial charge in [-0.15, -0.1) is 11.8 Å². The number of amides is 2. The van der Waals surface area contributed by atoms with Crippen LogP contribution in [0.15, 0.2) is 47.3 Å². The highest BCUT2D eigenvalue weighted by Gasteiger charge is 2.42. The largest absolute Gasteiger partial charge is 0.497 e. The van der Waals surface area contributed by atoms with Crippen LogP contribution in [0.25, 0.3) is 0 Å². The first-order valence-electron chi connectivity index (χ1n) is 8.52. The first-order chi connectivity index (χ1) is 13.2. The van der Waals surface area contributed by atoms with Crippen molar-refractivity contribution in [3.05, 3.63) is 54.0 Å². The van der Waals surface area contributed by atoms with Gasteiger partial charge in [0.15, 0.2) is 0 Å². The molecule has 1 aromatic carbocycles. The Morgan fingerprint density at radius 3 is 2.67 bits per heavy atom. The molecular formula is C19H22N2O5S. The van der Waals surface area contributed by atoms with Crippen LogP contribution in [0.3, 0.4) is 0 Å². The number of thioether (sulfide) groups is 1. The van der Waals surface area contributed by atoms with E-state index in [1.165, 1.54) is 0 Å². The number of hydrogen-bond donors (Lipinski definition) is 1. The Kier molecular flexibility index (Phi) is 6.41. The van der Waals surface area contributed by atoms with E-state index in [2.05, 4.69) is 5.32 Å². The minimum Gasteiger partial charge on any atom is -0.497 e. The Labute approximate surface area is 162 Å². The predicted octanol–water partition coefficient (Wildman–Crippen LogP) is 2.31. The maximum Gasteiger partial charge on any atom is 0.255 e. The molecule has 1 fully saturated rings. The first kappa shape index (κ1) is 19.3. The van der Waals surface area contributed by atoms with Crippen LogP contribution in [0.4, 0.5) is 0 Å². The van der Waals surface area contributed by atoms with Crippen molar-refractivity contribution in [3.63, 3.8) is 0 Å². The van der Waals surface area contributed by atoms with Crippen LogP contribution in [-0.4, -0.2) is 55.9 Å². The Bertz CT molecular complexity index is 763. The van der Waals surface area contributed by atoms with Gasteiger partial charge in [-0.1, -0.05) is 0 Å². The summed E-state index contributed by atoms with van der Waals surface area (Å²) in [5, 5.41) is 2.55. The van der Waals surface area contributed by atoms with Gasteiger partial charge in [0.25, 0.3) is 5.91 Å². The van der Waals surface area contributed by atoms with Crippen LogP contribution in [-0.2, 0) is 9.53 Å². The Morgan fingerprint density at radius 1 is 1.26 bits per heavy atom. The van der Waals surface area contributed by atoms with Crippen LogP contribution >= 0.6 is 11.8 Å². The van der Waals surface area contributed by atoms with Gasteiger partial charge in [0.05, 0.1) is 26.2 Å². The highest BCUT2D eigenvalue weighted by molar-refractivity contribution is 7.99. The number of nitrogens with one attached hydrogen (secondary N) is 1. The summed E-state index contributed by atoms with van der Waals surface area (Å²) in [5.74, 6) is 0.784. The molecule has 3 rings (SSSR count). The number of methoxy groups -OCH3 is 2. The lowest BCUT2D eigenvalue weighted by molar-refractivity contribution is -0.125. The van der Waals surface area contributed by atoms with Gasteiger partial charge in [0.1, 0.15) is 17.2 Å². The third-order valence-corrected chi connectivity index (χ3v) is 5.63. The fraction of sp³-hybridized carbons (Fsp3) is 0.368. The van der Waals surface area contributed by atoms with Crippen molar-refractivity contribution in [3.8, 4) is 5.75 Å². The summed E-state index contributed by atoms with van der Waals surface area (Å²) < 4.78 is 15.3. The van der Waals surface area contributed by atoms with Crippen molar-refractivity contribution in [2.75, 3.05) is 33.1 Å². The molecule has 2 heterocycles. The van der Waals surface area contributed by atoms with Crippen LogP contribution in [0, 0.1) is 0 Å². The first-order valence-corrected chi connectivity index (χ1v) is 9.57. The maximum atomic E-state index is 13.2. The summed E-state index contributed by atoms with van der Waals surface area (Å²) in [5.41, 5.74) is 1.36. The summed E-state index contributed by atoms with van der Waals surface area (Å²) in [4.78, 5) is 27.5. The van der Waals surface area contributed by atoms with Crippen LogP contribution in [0.5, 0.6) is 5.75 Å². The summed E-state index contributed by atoms with van der Waals surface area (Å²) in [6.45, 7) is 0.820. The van der Waals surface area contributed by atoms with Crippen molar-refractivity contribution < 1.29 is 23.5 Å². The van der Waals surface area contributed by atoms with Gasteiger partial charge < -0.3 is 24.1 Å². The highest BCUT2D eigenvalue weighted by Crippen LogP contribution is 2.42. The number of rotatable bonds is 7. The molecule has 0 bridgehead atoms. The van der Waals surface area contributed by atoms with E-state index in [1.54, 1.807) is 67.7 Å². The summed E-state index contributed by atoms with van der Waals surface area (Å²) in [7, 11) is 3.15. The molecule has 27 heavy (non-hydrogen) atoms. The number of nitrogens with zero attached hydrogens (tertiary/aromatic N) is 1. The van der Waals surface area contributed by atoms with Gasteiger partial charge in [0, 0.05) is 30.5 Å². The second kappa shape index (κ2) is 8.96. The minimum atomic E-state index is -0.568. The summed E-state index contributed by atoms with van der Waals surface area (Å²) in [6, 6.07) is 8.12. The van der Waals surface area contributed by atoms with Gasteiger partial charge in [-0.25, -0.2) is 0 Å². The molecule has 0 radical (unpaired) electrons. The molecular weight excluding hydrogens is 368 g/mol. The molecule has 2 aromatic rings. The smallest absolute Gasteiger partial charge is 0.255 e. The second-order valence-corrected chi connectivity index (χ2v) is 7.10. The topological polar surface area (TPSA) is 81.0 Å². The Morgan fingerprint density at radius 2 is 2.04 bits per heavy atom. The lowest BCUT2D eigenvalue weighted by Gasteiger charge is -2.28. The third-order valence-electron chi connectivity index (χ3n) is 4.31. The number of carbonyl (C=O) groups excluding carboxylic acids is 2.